The lowest BCUT2D eigenvalue weighted by Crippen LogP contribution is -2.55. The van der Waals surface area contributed by atoms with E-state index in [1.165, 1.54) is 19.3 Å². The molecule has 1 aromatic carbocycles. The summed E-state index contributed by atoms with van der Waals surface area (Å²) in [7, 11) is 3.87. The predicted molar refractivity (Wildman–Crippen MR) is 111 cm³/mol. The fraction of sp³-hybridized carbons (Fsp3) is 0.600. The number of amides is 1. The van der Waals surface area contributed by atoms with Crippen molar-refractivity contribution in [3.8, 4) is 0 Å². The Morgan fingerprint density at radius 1 is 1.32 bits per heavy atom. The molecule has 2 atom stereocenters. The maximum absolute atomic E-state index is 13.0. The Kier molecular flexibility index (Phi) is 6.80. The van der Waals surface area contributed by atoms with Crippen molar-refractivity contribution in [3.05, 3.63) is 23.8 Å². The molecule has 2 aliphatic heterocycles. The molecule has 3 heterocycles. The Labute approximate surface area is 171 Å². The normalized spacial score (nSPS) is 24.6. The number of nitrogens with zero attached hydrogens (tertiary/aromatic N) is 2. The quantitative estimate of drug-likeness (QED) is 0.715. The zero-order valence-corrected chi connectivity index (χ0v) is 17.3. The molecule has 0 aliphatic carbocycles. The molecule has 2 bridgehead atoms. The lowest BCUT2D eigenvalue weighted by molar-refractivity contribution is 0.0463. The summed E-state index contributed by atoms with van der Waals surface area (Å²) in [6.07, 6.45) is 5.82. The van der Waals surface area contributed by atoms with Gasteiger partial charge in [0.25, 0.3) is 11.9 Å². The molecule has 2 fully saturated rings. The monoisotopic (exact) mass is 408 g/mol. The highest BCUT2D eigenvalue weighted by Crippen LogP contribution is 2.33. The van der Waals surface area contributed by atoms with Gasteiger partial charge in [0, 0.05) is 31.8 Å². The molecule has 2 aromatic rings. The second-order valence-electron chi connectivity index (χ2n) is 7.64. The summed E-state index contributed by atoms with van der Waals surface area (Å²) >= 11 is 0. The zero-order valence-electron chi connectivity index (χ0n) is 16.4. The Hall–Kier alpha value is -1.83. The van der Waals surface area contributed by atoms with E-state index in [0.29, 0.717) is 47.9 Å². The standard InChI is InChI=1S/C20H28N4O3.ClH/c1-24-14-5-3-6-15(24)12-13(11-14)22-19(25)16-7-4-8-17-18(16)23-20(27-17)21-9-10-26-2;/h4,7-8,13-15H,3,5-6,9-12H2,1-2H3,(H,21,23)(H,22,25);1H. The molecule has 0 saturated carbocycles. The van der Waals surface area contributed by atoms with E-state index in [-0.39, 0.29) is 24.4 Å². The minimum absolute atomic E-state index is 0. The highest BCUT2D eigenvalue weighted by Gasteiger charge is 2.36. The van der Waals surface area contributed by atoms with Gasteiger partial charge in [-0.15, -0.1) is 12.4 Å². The van der Waals surface area contributed by atoms with Gasteiger partial charge in [-0.2, -0.15) is 4.98 Å². The molecule has 8 heteroatoms. The van der Waals surface area contributed by atoms with E-state index in [1.807, 2.05) is 18.2 Å². The molecule has 0 spiro atoms. The number of benzene rings is 1. The van der Waals surface area contributed by atoms with Crippen molar-refractivity contribution in [1.29, 1.82) is 0 Å². The van der Waals surface area contributed by atoms with E-state index in [2.05, 4.69) is 27.6 Å². The Morgan fingerprint density at radius 2 is 2.07 bits per heavy atom. The van der Waals surface area contributed by atoms with Crippen LogP contribution in [-0.2, 0) is 4.74 Å². The number of carbonyl (C=O) groups excluding carboxylic acids is 1. The van der Waals surface area contributed by atoms with Crippen LogP contribution in [0.4, 0.5) is 6.01 Å². The van der Waals surface area contributed by atoms with E-state index in [0.717, 1.165) is 12.8 Å². The minimum atomic E-state index is -0.0648. The van der Waals surface area contributed by atoms with Gasteiger partial charge in [-0.25, -0.2) is 0 Å². The van der Waals surface area contributed by atoms with Crippen molar-refractivity contribution in [3.63, 3.8) is 0 Å². The second-order valence-corrected chi connectivity index (χ2v) is 7.64. The van der Waals surface area contributed by atoms with E-state index in [4.69, 9.17) is 9.15 Å². The van der Waals surface area contributed by atoms with Crippen LogP contribution in [0.25, 0.3) is 11.1 Å². The number of anilines is 1. The van der Waals surface area contributed by atoms with Gasteiger partial charge in [0.05, 0.1) is 12.2 Å². The predicted octanol–water partition coefficient (Wildman–Crippen LogP) is 3.05. The molecule has 2 unspecified atom stereocenters. The van der Waals surface area contributed by atoms with Crippen LogP contribution in [-0.4, -0.2) is 61.2 Å². The number of methoxy groups -OCH3 is 1. The lowest BCUT2D eigenvalue weighted by atomic mass is 9.82. The van der Waals surface area contributed by atoms with Crippen molar-refractivity contribution in [1.82, 2.24) is 15.2 Å². The number of hydrogen-bond donors (Lipinski definition) is 2. The third kappa shape index (κ3) is 4.26. The van der Waals surface area contributed by atoms with Crippen LogP contribution in [0.15, 0.2) is 22.6 Å². The van der Waals surface area contributed by atoms with Gasteiger partial charge < -0.3 is 24.7 Å². The number of fused-ring (bicyclic) bond motifs is 3. The molecule has 0 radical (unpaired) electrons. The number of rotatable bonds is 6. The first-order chi connectivity index (χ1) is 13.2. The summed E-state index contributed by atoms with van der Waals surface area (Å²) in [5, 5.41) is 6.32. The van der Waals surface area contributed by atoms with Crippen LogP contribution in [0.2, 0.25) is 0 Å². The fourth-order valence-corrected chi connectivity index (χ4v) is 4.46. The fourth-order valence-electron chi connectivity index (χ4n) is 4.46. The van der Waals surface area contributed by atoms with E-state index in [1.54, 1.807) is 7.11 Å². The maximum Gasteiger partial charge on any atom is 0.295 e. The third-order valence-electron chi connectivity index (χ3n) is 5.92. The topological polar surface area (TPSA) is 79.6 Å². The maximum atomic E-state index is 13.0. The van der Waals surface area contributed by atoms with Crippen LogP contribution < -0.4 is 10.6 Å². The molecule has 2 aliphatic rings. The molecule has 28 heavy (non-hydrogen) atoms. The first-order valence-electron chi connectivity index (χ1n) is 9.81. The minimum Gasteiger partial charge on any atom is -0.424 e. The molecular formula is C20H29ClN4O3. The smallest absolute Gasteiger partial charge is 0.295 e. The second kappa shape index (κ2) is 9.11. The van der Waals surface area contributed by atoms with Crippen LogP contribution in [0.5, 0.6) is 0 Å². The number of ether oxygens (including phenoxy) is 1. The van der Waals surface area contributed by atoms with Gasteiger partial charge >= 0.3 is 0 Å². The van der Waals surface area contributed by atoms with Gasteiger partial charge in [0.1, 0.15) is 5.52 Å². The van der Waals surface area contributed by atoms with Crippen LogP contribution >= 0.6 is 12.4 Å². The summed E-state index contributed by atoms with van der Waals surface area (Å²) in [6, 6.07) is 7.30. The van der Waals surface area contributed by atoms with Crippen LogP contribution in [0, 0.1) is 0 Å². The van der Waals surface area contributed by atoms with E-state index in [9.17, 15) is 4.79 Å². The highest BCUT2D eigenvalue weighted by molar-refractivity contribution is 6.04. The highest BCUT2D eigenvalue weighted by atomic mass is 35.5. The van der Waals surface area contributed by atoms with Crippen LogP contribution in [0.1, 0.15) is 42.5 Å². The van der Waals surface area contributed by atoms with E-state index < -0.39 is 0 Å². The third-order valence-corrected chi connectivity index (χ3v) is 5.92. The molecule has 4 rings (SSSR count). The van der Waals surface area contributed by atoms with E-state index >= 15 is 0 Å². The van der Waals surface area contributed by atoms with Gasteiger partial charge in [0.15, 0.2) is 5.58 Å². The summed E-state index contributed by atoms with van der Waals surface area (Å²) < 4.78 is 10.7. The number of oxazole rings is 1. The first kappa shape index (κ1) is 20.9. The molecule has 1 amide bonds. The number of carbonyl (C=O) groups is 1. The molecule has 2 saturated heterocycles. The molecule has 154 valence electrons. The number of aromatic nitrogens is 1. The van der Waals surface area contributed by atoms with Crippen molar-refractivity contribution < 1.29 is 13.9 Å². The number of piperidine rings is 2. The Balaban J connectivity index is 0.00000225. The SMILES string of the molecule is COCCNc1nc2c(C(=O)NC3CC4CCCC(C3)N4C)cccc2o1.Cl. The number of nitrogens with one attached hydrogen (secondary N) is 2. The van der Waals surface area contributed by atoms with Crippen molar-refractivity contribution in [2.45, 2.75) is 50.2 Å². The number of hydrogen-bond acceptors (Lipinski definition) is 6. The van der Waals surface area contributed by atoms with Gasteiger partial charge in [0.2, 0.25) is 0 Å². The van der Waals surface area contributed by atoms with Crippen molar-refractivity contribution in [2.75, 3.05) is 32.6 Å². The summed E-state index contributed by atoms with van der Waals surface area (Å²) in [4.78, 5) is 19.9. The first-order valence-corrected chi connectivity index (χ1v) is 9.81. The average molecular weight is 409 g/mol. The summed E-state index contributed by atoms with van der Waals surface area (Å²) in [6.45, 7) is 1.16. The average Bonchev–Trinajstić information content (AvgIpc) is 3.05. The largest absolute Gasteiger partial charge is 0.424 e. The van der Waals surface area contributed by atoms with Crippen molar-refractivity contribution in [2.24, 2.45) is 0 Å². The van der Waals surface area contributed by atoms with Gasteiger partial charge in [-0.3, -0.25) is 4.79 Å². The zero-order chi connectivity index (χ0) is 18.8. The van der Waals surface area contributed by atoms with Gasteiger partial charge in [-0.1, -0.05) is 12.5 Å². The summed E-state index contributed by atoms with van der Waals surface area (Å²) in [5.74, 6) is -0.0648. The Morgan fingerprint density at radius 3 is 2.79 bits per heavy atom. The lowest BCUT2D eigenvalue weighted by Gasteiger charge is -2.47. The van der Waals surface area contributed by atoms with Crippen LogP contribution in [0.3, 0.4) is 0 Å². The van der Waals surface area contributed by atoms with Crippen molar-refractivity contribution >= 4 is 35.4 Å². The Bertz CT molecular complexity index is 798. The molecule has 1 aromatic heterocycles. The molecular weight excluding hydrogens is 380 g/mol. The summed E-state index contributed by atoms with van der Waals surface area (Å²) in [5.41, 5.74) is 1.78. The van der Waals surface area contributed by atoms with Gasteiger partial charge in [-0.05, 0) is 44.9 Å². The number of para-hydroxylation sites is 1. The molecule has 7 nitrogen and oxygen atoms in total. The molecule has 2 N–H and O–H groups in total. The number of halogens is 1.